The third-order valence-corrected chi connectivity index (χ3v) is 3.47. The normalized spacial score (nSPS) is 14.1. The molecule has 104 valence electrons. The molecule has 0 aromatic carbocycles. The van der Waals surface area contributed by atoms with Crippen molar-refractivity contribution in [1.29, 1.82) is 0 Å². The van der Waals surface area contributed by atoms with Crippen LogP contribution in [0.2, 0.25) is 0 Å². The summed E-state index contributed by atoms with van der Waals surface area (Å²) >= 11 is 2.63. The molecule has 1 aromatic heterocycles. The Labute approximate surface area is 106 Å². The first kappa shape index (κ1) is 15.4. The Morgan fingerprint density at radius 2 is 1.33 bits per heavy atom. The number of hydrogen-bond donors (Lipinski definition) is 2. The Morgan fingerprint density at radius 3 is 1.56 bits per heavy atom. The van der Waals surface area contributed by atoms with Gasteiger partial charge in [-0.25, -0.2) is 0 Å². The number of nitrogens with one attached hydrogen (secondary N) is 1. The molecule has 2 N–H and O–H groups in total. The van der Waals surface area contributed by atoms with E-state index in [1.54, 1.807) is 0 Å². The van der Waals surface area contributed by atoms with Gasteiger partial charge >= 0.3 is 12.4 Å². The Hall–Kier alpha value is -0.700. The van der Waals surface area contributed by atoms with Crippen molar-refractivity contribution in [3.8, 4) is 0 Å². The molecule has 0 unspecified atom stereocenters. The van der Waals surface area contributed by atoms with Crippen LogP contribution in [0, 0.1) is 13.8 Å². The number of aryl methyl sites for hydroxylation is 2. The van der Waals surface area contributed by atoms with Crippen LogP contribution in [0.3, 0.4) is 0 Å². The van der Waals surface area contributed by atoms with Gasteiger partial charge in [-0.3, -0.25) is 0 Å². The van der Waals surface area contributed by atoms with Crippen LogP contribution in [0.4, 0.5) is 26.3 Å². The van der Waals surface area contributed by atoms with Gasteiger partial charge in [0.1, 0.15) is 0 Å². The van der Waals surface area contributed by atoms with Crippen LogP contribution in [-0.2, 0) is 5.60 Å². The summed E-state index contributed by atoms with van der Waals surface area (Å²) in [4.78, 5) is 2.32. The van der Waals surface area contributed by atoms with Gasteiger partial charge in [0.25, 0.3) is 5.60 Å². The van der Waals surface area contributed by atoms with E-state index < -0.39 is 33.7 Å². The molecular formula is C9H8BrF6NO. The van der Waals surface area contributed by atoms with Crippen LogP contribution < -0.4 is 0 Å². The average molecular weight is 340 g/mol. The van der Waals surface area contributed by atoms with Crippen LogP contribution >= 0.6 is 15.9 Å². The molecule has 0 radical (unpaired) electrons. The van der Waals surface area contributed by atoms with Crippen LogP contribution in [-0.4, -0.2) is 22.4 Å². The van der Waals surface area contributed by atoms with Gasteiger partial charge in [-0.15, -0.1) is 0 Å². The van der Waals surface area contributed by atoms with Crippen LogP contribution in [0.25, 0.3) is 0 Å². The first-order valence-corrected chi connectivity index (χ1v) is 5.34. The van der Waals surface area contributed by atoms with Gasteiger partial charge in [-0.2, -0.15) is 26.3 Å². The molecule has 0 saturated heterocycles. The summed E-state index contributed by atoms with van der Waals surface area (Å²) < 4.78 is 75.5. The Morgan fingerprint density at radius 1 is 0.944 bits per heavy atom. The van der Waals surface area contributed by atoms with Crippen molar-refractivity contribution >= 4 is 15.9 Å². The zero-order valence-electron chi connectivity index (χ0n) is 9.09. The molecule has 0 aliphatic heterocycles. The summed E-state index contributed by atoms with van der Waals surface area (Å²) in [6, 6.07) is 0. The maximum absolute atomic E-state index is 12.7. The fraction of sp³-hybridized carbons (Fsp3) is 0.556. The minimum Gasteiger partial charge on any atom is -0.369 e. The van der Waals surface area contributed by atoms with E-state index in [1.807, 2.05) is 0 Å². The molecule has 0 fully saturated rings. The molecule has 0 aliphatic rings. The molecule has 0 aliphatic carbocycles. The summed E-state index contributed by atoms with van der Waals surface area (Å²) in [5.41, 5.74) is -6.51. The Balaban J connectivity index is 3.66. The summed E-state index contributed by atoms with van der Waals surface area (Å²) in [7, 11) is 0. The summed E-state index contributed by atoms with van der Waals surface area (Å²) in [6.45, 7) is 2.31. The van der Waals surface area contributed by atoms with Crippen molar-refractivity contribution in [2.45, 2.75) is 31.8 Å². The van der Waals surface area contributed by atoms with E-state index in [0.717, 1.165) is 6.92 Å². The van der Waals surface area contributed by atoms with E-state index in [9.17, 15) is 31.4 Å². The predicted molar refractivity (Wildman–Crippen MR) is 54.0 cm³/mol. The van der Waals surface area contributed by atoms with Crippen molar-refractivity contribution in [1.82, 2.24) is 4.98 Å². The largest absolute Gasteiger partial charge is 0.430 e. The number of rotatable bonds is 1. The zero-order valence-corrected chi connectivity index (χ0v) is 10.7. The van der Waals surface area contributed by atoms with E-state index in [4.69, 9.17) is 0 Å². The molecule has 0 spiro atoms. The zero-order chi connectivity index (χ0) is 14.5. The van der Waals surface area contributed by atoms with E-state index in [1.165, 1.54) is 6.92 Å². The lowest BCUT2D eigenvalue weighted by atomic mass is 9.92. The fourth-order valence-electron chi connectivity index (χ4n) is 1.63. The summed E-state index contributed by atoms with van der Waals surface area (Å²) in [5, 5.41) is 9.23. The SMILES string of the molecule is Cc1[nH]c(C)c(C(O)(C(F)(F)F)C(F)(F)F)c1Br. The first-order valence-electron chi connectivity index (χ1n) is 4.55. The predicted octanol–water partition coefficient (Wildman–Crippen LogP) is 3.71. The van der Waals surface area contributed by atoms with E-state index in [2.05, 4.69) is 20.9 Å². The highest BCUT2D eigenvalue weighted by Gasteiger charge is 2.72. The molecule has 0 atom stereocenters. The Bertz CT molecular complexity index is 447. The topological polar surface area (TPSA) is 36.0 Å². The summed E-state index contributed by atoms with van der Waals surface area (Å²) in [5.74, 6) is 0. The third kappa shape index (κ3) is 2.03. The fourth-order valence-corrected chi connectivity index (χ4v) is 2.31. The third-order valence-electron chi connectivity index (χ3n) is 2.48. The second-order valence-corrected chi connectivity index (χ2v) is 4.56. The van der Waals surface area contributed by atoms with Crippen molar-refractivity contribution in [3.05, 3.63) is 21.4 Å². The molecule has 1 rings (SSSR count). The molecule has 1 aromatic rings. The smallest absolute Gasteiger partial charge is 0.369 e. The number of halogens is 7. The minimum atomic E-state index is -5.88. The van der Waals surface area contributed by atoms with Crippen molar-refractivity contribution in [2.24, 2.45) is 0 Å². The highest BCUT2D eigenvalue weighted by atomic mass is 79.9. The monoisotopic (exact) mass is 339 g/mol. The molecule has 18 heavy (non-hydrogen) atoms. The van der Waals surface area contributed by atoms with Crippen molar-refractivity contribution in [2.75, 3.05) is 0 Å². The second-order valence-electron chi connectivity index (χ2n) is 3.77. The van der Waals surface area contributed by atoms with Gasteiger partial charge in [-0.1, -0.05) is 0 Å². The Kier molecular flexibility index (Phi) is 3.55. The van der Waals surface area contributed by atoms with Crippen LogP contribution in [0.5, 0.6) is 0 Å². The number of hydrogen-bond acceptors (Lipinski definition) is 1. The quantitative estimate of drug-likeness (QED) is 0.752. The first-order chi connectivity index (χ1) is 7.84. The maximum Gasteiger partial charge on any atom is 0.430 e. The second kappa shape index (κ2) is 4.16. The van der Waals surface area contributed by atoms with Crippen molar-refractivity contribution < 1.29 is 31.4 Å². The number of aromatic nitrogens is 1. The molecule has 9 heteroatoms. The van der Waals surface area contributed by atoms with E-state index in [-0.39, 0.29) is 5.69 Å². The standard InChI is InChI=1S/C9H8BrF6NO/c1-3-5(6(10)4(2)17-3)7(18,8(11,12)13)9(14,15)16/h17-18H,1-2H3. The van der Waals surface area contributed by atoms with Gasteiger partial charge in [0.15, 0.2) is 0 Å². The van der Waals surface area contributed by atoms with Gasteiger partial charge in [-0.05, 0) is 29.8 Å². The lowest BCUT2D eigenvalue weighted by Gasteiger charge is -2.32. The average Bonchev–Trinajstić information content (AvgIpc) is 2.36. The number of H-pyrrole nitrogens is 1. The lowest BCUT2D eigenvalue weighted by Crippen LogP contribution is -2.54. The molecule has 2 nitrogen and oxygen atoms in total. The minimum absolute atomic E-state index is 0.0643. The lowest BCUT2D eigenvalue weighted by molar-refractivity contribution is -0.376. The number of aromatic amines is 1. The number of aliphatic hydroxyl groups is 1. The van der Waals surface area contributed by atoms with Crippen LogP contribution in [0.15, 0.2) is 4.47 Å². The highest BCUT2D eigenvalue weighted by molar-refractivity contribution is 9.10. The molecule has 0 bridgehead atoms. The van der Waals surface area contributed by atoms with Crippen LogP contribution in [0.1, 0.15) is 17.0 Å². The highest BCUT2D eigenvalue weighted by Crippen LogP contribution is 2.53. The van der Waals surface area contributed by atoms with Gasteiger partial charge in [0.2, 0.25) is 0 Å². The van der Waals surface area contributed by atoms with E-state index >= 15 is 0 Å². The van der Waals surface area contributed by atoms with Gasteiger partial charge < -0.3 is 10.1 Å². The van der Waals surface area contributed by atoms with Gasteiger partial charge in [0.05, 0.1) is 0 Å². The molecule has 0 amide bonds. The van der Waals surface area contributed by atoms with Gasteiger partial charge in [0, 0.05) is 21.4 Å². The van der Waals surface area contributed by atoms with Crippen molar-refractivity contribution in [3.63, 3.8) is 0 Å². The van der Waals surface area contributed by atoms with E-state index in [0.29, 0.717) is 0 Å². The maximum atomic E-state index is 12.7. The molecule has 1 heterocycles. The molecular weight excluding hydrogens is 332 g/mol. The number of alkyl halides is 6. The summed E-state index contributed by atoms with van der Waals surface area (Å²) in [6.07, 6.45) is -11.8. The molecule has 0 saturated carbocycles.